The summed E-state index contributed by atoms with van der Waals surface area (Å²) in [5.41, 5.74) is 5.80. The average molecular weight is 402 g/mol. The summed E-state index contributed by atoms with van der Waals surface area (Å²) in [5.74, 6) is 1.58. The van der Waals surface area contributed by atoms with E-state index in [0.29, 0.717) is 45.1 Å². The summed E-state index contributed by atoms with van der Waals surface area (Å²) in [5, 5.41) is 10.8. The first kappa shape index (κ1) is 17.5. The Morgan fingerprint density at radius 1 is 1.37 bits per heavy atom. The lowest BCUT2D eigenvalue weighted by Gasteiger charge is -2.07. The smallest absolute Gasteiger partial charge is 0.268 e. The third-order valence-electron chi connectivity index (χ3n) is 3.74. The second-order valence-corrected chi connectivity index (χ2v) is 7.45. The van der Waals surface area contributed by atoms with E-state index in [4.69, 9.17) is 10.2 Å². The Morgan fingerprint density at radius 2 is 2.26 bits per heavy atom. The van der Waals surface area contributed by atoms with Gasteiger partial charge in [0.2, 0.25) is 5.91 Å². The highest BCUT2D eigenvalue weighted by molar-refractivity contribution is 7.98. The molecule has 11 heteroatoms. The maximum absolute atomic E-state index is 12.1. The van der Waals surface area contributed by atoms with E-state index in [9.17, 15) is 9.59 Å². The number of amides is 1. The molecule has 0 radical (unpaired) electrons. The Morgan fingerprint density at radius 3 is 3.04 bits per heavy atom. The predicted octanol–water partition coefficient (Wildman–Crippen LogP) is 2.00. The fraction of sp³-hybridized carbons (Fsp3) is 0.188. The van der Waals surface area contributed by atoms with E-state index >= 15 is 0 Å². The Kier molecular flexibility index (Phi) is 4.77. The zero-order chi connectivity index (χ0) is 18.8. The molecule has 0 unspecified atom stereocenters. The van der Waals surface area contributed by atoms with E-state index in [-0.39, 0.29) is 12.0 Å². The minimum Gasteiger partial charge on any atom is -0.461 e. The van der Waals surface area contributed by atoms with Crippen LogP contribution in [0, 0.1) is 0 Å². The molecule has 0 bridgehead atoms. The highest BCUT2D eigenvalue weighted by Gasteiger charge is 2.17. The molecule has 1 amide bonds. The molecule has 4 aromatic heterocycles. The summed E-state index contributed by atoms with van der Waals surface area (Å²) >= 11 is 2.71. The first-order valence-corrected chi connectivity index (χ1v) is 9.83. The molecule has 0 aliphatic rings. The third-order valence-corrected chi connectivity index (χ3v) is 5.62. The Hall–Kier alpha value is -2.92. The number of primary amides is 1. The molecule has 0 aliphatic carbocycles. The van der Waals surface area contributed by atoms with Gasteiger partial charge >= 0.3 is 0 Å². The van der Waals surface area contributed by atoms with Gasteiger partial charge in [-0.05, 0) is 23.6 Å². The van der Waals surface area contributed by atoms with E-state index in [0.717, 1.165) is 0 Å². The van der Waals surface area contributed by atoms with Gasteiger partial charge in [0.25, 0.3) is 5.56 Å². The van der Waals surface area contributed by atoms with Crippen LogP contribution < -0.4 is 11.3 Å². The van der Waals surface area contributed by atoms with Crippen molar-refractivity contribution in [2.75, 3.05) is 0 Å². The molecule has 4 rings (SSSR count). The number of thioether (sulfide) groups is 1. The SMILES string of the molecule is NC(=O)CCn1c(SCc2nc3ccsc3c(=O)[nH]2)nnc1-c1ccco1. The highest BCUT2D eigenvalue weighted by atomic mass is 32.2. The molecular formula is C16H14N6O3S2. The van der Waals surface area contributed by atoms with Crippen LogP contribution >= 0.6 is 23.1 Å². The van der Waals surface area contributed by atoms with Crippen molar-refractivity contribution < 1.29 is 9.21 Å². The second kappa shape index (κ2) is 7.37. The van der Waals surface area contributed by atoms with E-state index in [1.807, 2.05) is 11.4 Å². The number of aromatic nitrogens is 5. The number of nitrogens with zero attached hydrogens (tertiary/aromatic N) is 4. The standard InChI is InChI=1S/C16H14N6O3S2/c17-11(23)3-5-22-14(10-2-1-6-25-10)20-21-16(22)27-8-12-18-9-4-7-26-13(9)15(24)19-12/h1-2,4,6-7H,3,5,8H2,(H2,17,23)(H,18,19,24). The molecule has 138 valence electrons. The number of thiophene rings is 1. The van der Waals surface area contributed by atoms with Crippen LogP contribution in [0.1, 0.15) is 12.2 Å². The zero-order valence-corrected chi connectivity index (χ0v) is 15.5. The van der Waals surface area contributed by atoms with Crippen molar-refractivity contribution in [1.29, 1.82) is 0 Å². The Labute approximate surface area is 160 Å². The van der Waals surface area contributed by atoms with Crippen molar-refractivity contribution in [1.82, 2.24) is 24.7 Å². The lowest BCUT2D eigenvalue weighted by Crippen LogP contribution is -2.15. The Bertz CT molecular complexity index is 1140. The zero-order valence-electron chi connectivity index (χ0n) is 13.9. The van der Waals surface area contributed by atoms with Crippen molar-refractivity contribution in [3.05, 3.63) is 46.0 Å². The van der Waals surface area contributed by atoms with Gasteiger partial charge in [0.05, 0.1) is 17.5 Å². The van der Waals surface area contributed by atoms with Crippen LogP contribution in [-0.2, 0) is 17.1 Å². The quantitative estimate of drug-likeness (QED) is 0.452. The van der Waals surface area contributed by atoms with E-state index < -0.39 is 5.91 Å². The van der Waals surface area contributed by atoms with Crippen LogP contribution in [0.15, 0.2) is 44.2 Å². The largest absolute Gasteiger partial charge is 0.461 e. The number of nitrogens with two attached hydrogens (primary N) is 1. The van der Waals surface area contributed by atoms with Gasteiger partial charge in [-0.1, -0.05) is 11.8 Å². The van der Waals surface area contributed by atoms with Gasteiger partial charge in [-0.3, -0.25) is 14.2 Å². The van der Waals surface area contributed by atoms with Crippen LogP contribution in [0.3, 0.4) is 0 Å². The number of carbonyl (C=O) groups excluding carboxylic acids is 1. The number of hydrogen-bond acceptors (Lipinski definition) is 8. The molecule has 4 aromatic rings. The van der Waals surface area contributed by atoms with Crippen LogP contribution in [0.2, 0.25) is 0 Å². The molecule has 4 heterocycles. The number of hydrogen-bond donors (Lipinski definition) is 2. The van der Waals surface area contributed by atoms with Crippen LogP contribution in [0.5, 0.6) is 0 Å². The van der Waals surface area contributed by atoms with Gasteiger partial charge < -0.3 is 15.1 Å². The monoisotopic (exact) mass is 402 g/mol. The normalized spacial score (nSPS) is 11.3. The lowest BCUT2D eigenvalue weighted by molar-refractivity contribution is -0.118. The summed E-state index contributed by atoms with van der Waals surface area (Å²) in [6.07, 6.45) is 1.69. The van der Waals surface area contributed by atoms with Crippen molar-refractivity contribution in [3.8, 4) is 11.6 Å². The van der Waals surface area contributed by atoms with E-state index in [2.05, 4.69) is 20.2 Å². The molecule has 9 nitrogen and oxygen atoms in total. The lowest BCUT2D eigenvalue weighted by atomic mass is 10.3. The van der Waals surface area contributed by atoms with Gasteiger partial charge in [0.1, 0.15) is 10.5 Å². The van der Waals surface area contributed by atoms with Crippen molar-refractivity contribution >= 4 is 39.2 Å². The van der Waals surface area contributed by atoms with Gasteiger partial charge in [0.15, 0.2) is 16.7 Å². The summed E-state index contributed by atoms with van der Waals surface area (Å²) in [4.78, 5) is 30.5. The summed E-state index contributed by atoms with van der Waals surface area (Å²) in [7, 11) is 0. The van der Waals surface area contributed by atoms with Gasteiger partial charge in [-0.2, -0.15) is 0 Å². The van der Waals surface area contributed by atoms with Crippen molar-refractivity contribution in [2.24, 2.45) is 5.73 Å². The molecule has 0 atom stereocenters. The minimum atomic E-state index is -0.418. The van der Waals surface area contributed by atoms with Crippen LogP contribution in [0.25, 0.3) is 21.8 Å². The highest BCUT2D eigenvalue weighted by Crippen LogP contribution is 2.26. The number of nitrogens with one attached hydrogen (secondary N) is 1. The fourth-order valence-electron chi connectivity index (χ4n) is 2.53. The number of rotatable bonds is 7. The molecule has 27 heavy (non-hydrogen) atoms. The maximum Gasteiger partial charge on any atom is 0.268 e. The van der Waals surface area contributed by atoms with Crippen LogP contribution in [0.4, 0.5) is 0 Å². The summed E-state index contributed by atoms with van der Waals surface area (Å²) in [6.45, 7) is 0.328. The first-order chi connectivity index (χ1) is 13.1. The van der Waals surface area contributed by atoms with E-state index in [1.165, 1.54) is 23.1 Å². The van der Waals surface area contributed by atoms with Crippen molar-refractivity contribution in [2.45, 2.75) is 23.9 Å². The molecule has 0 aromatic carbocycles. The van der Waals surface area contributed by atoms with Gasteiger partial charge in [-0.15, -0.1) is 21.5 Å². The molecular weight excluding hydrogens is 388 g/mol. The number of carbonyl (C=O) groups is 1. The Balaban J connectivity index is 1.60. The van der Waals surface area contributed by atoms with Crippen LogP contribution in [-0.4, -0.2) is 30.6 Å². The first-order valence-electron chi connectivity index (χ1n) is 7.96. The van der Waals surface area contributed by atoms with Gasteiger partial charge in [0, 0.05) is 13.0 Å². The maximum atomic E-state index is 12.1. The van der Waals surface area contributed by atoms with E-state index in [1.54, 1.807) is 23.0 Å². The number of furan rings is 1. The second-order valence-electron chi connectivity index (χ2n) is 5.59. The molecule has 0 saturated heterocycles. The number of H-pyrrole nitrogens is 1. The fourth-order valence-corrected chi connectivity index (χ4v) is 4.09. The topological polar surface area (TPSA) is 133 Å². The molecule has 0 fully saturated rings. The summed E-state index contributed by atoms with van der Waals surface area (Å²) < 4.78 is 7.77. The summed E-state index contributed by atoms with van der Waals surface area (Å²) in [6, 6.07) is 5.33. The minimum absolute atomic E-state index is 0.148. The predicted molar refractivity (Wildman–Crippen MR) is 101 cm³/mol. The number of fused-ring (bicyclic) bond motifs is 1. The molecule has 0 saturated carbocycles. The van der Waals surface area contributed by atoms with Crippen molar-refractivity contribution in [3.63, 3.8) is 0 Å². The third kappa shape index (κ3) is 3.64. The molecule has 3 N–H and O–H groups in total. The number of aromatic amines is 1. The molecule has 0 spiro atoms. The van der Waals surface area contributed by atoms with Gasteiger partial charge in [-0.25, -0.2) is 4.98 Å². The average Bonchev–Trinajstić information content (AvgIpc) is 3.37. The molecule has 0 aliphatic heterocycles.